The van der Waals surface area contributed by atoms with Crippen LogP contribution in [0.3, 0.4) is 0 Å². The highest BCUT2D eigenvalue weighted by Gasteiger charge is 2.10. The van der Waals surface area contributed by atoms with Crippen molar-refractivity contribution in [3.8, 4) is 0 Å². The number of halogens is 1. The van der Waals surface area contributed by atoms with E-state index in [1.165, 1.54) is 18.2 Å². The average molecular weight is 255 g/mol. The number of hydrogen-bond donors (Lipinski definition) is 2. The van der Waals surface area contributed by atoms with Gasteiger partial charge in [0.1, 0.15) is 11.5 Å². The molecule has 2 N–H and O–H groups in total. The van der Waals surface area contributed by atoms with Gasteiger partial charge in [0.2, 0.25) is 0 Å². The number of carbonyl (C=O) groups is 1. The molecule has 0 saturated carbocycles. The Hall–Kier alpha value is -2.69. The van der Waals surface area contributed by atoms with Gasteiger partial charge in [-0.15, -0.1) is 0 Å². The number of H-pyrrole nitrogens is 1. The zero-order valence-electron chi connectivity index (χ0n) is 9.85. The van der Waals surface area contributed by atoms with E-state index in [4.69, 9.17) is 0 Å². The molecule has 0 radical (unpaired) electrons. The Kier molecular flexibility index (Phi) is 2.72. The van der Waals surface area contributed by atoms with Crippen molar-refractivity contribution < 1.29 is 9.18 Å². The maximum absolute atomic E-state index is 13.0. The van der Waals surface area contributed by atoms with E-state index in [1.54, 1.807) is 24.4 Å². The molecule has 0 aliphatic carbocycles. The fourth-order valence-electron chi connectivity index (χ4n) is 1.84. The lowest BCUT2D eigenvalue weighted by Crippen LogP contribution is -2.12. The predicted octanol–water partition coefficient (Wildman–Crippen LogP) is 2.95. The van der Waals surface area contributed by atoms with Crippen LogP contribution in [-0.2, 0) is 0 Å². The third-order valence-corrected chi connectivity index (χ3v) is 2.72. The summed E-state index contributed by atoms with van der Waals surface area (Å²) in [5, 5.41) is 2.62. The van der Waals surface area contributed by atoms with E-state index in [1.807, 2.05) is 6.07 Å². The third-order valence-electron chi connectivity index (χ3n) is 2.72. The summed E-state index contributed by atoms with van der Waals surface area (Å²) < 4.78 is 13.0. The van der Waals surface area contributed by atoms with Gasteiger partial charge >= 0.3 is 0 Å². The van der Waals surface area contributed by atoms with E-state index in [-0.39, 0.29) is 5.91 Å². The van der Waals surface area contributed by atoms with E-state index in [2.05, 4.69) is 15.3 Å². The minimum absolute atomic E-state index is 0.330. The van der Waals surface area contributed by atoms with Crippen molar-refractivity contribution >= 4 is 22.6 Å². The van der Waals surface area contributed by atoms with Crippen LogP contribution in [0.1, 0.15) is 10.5 Å². The molecule has 3 rings (SSSR count). The van der Waals surface area contributed by atoms with Crippen molar-refractivity contribution in [1.82, 2.24) is 9.97 Å². The molecule has 0 atom stereocenters. The van der Waals surface area contributed by atoms with Crippen LogP contribution in [0.4, 0.5) is 10.1 Å². The normalized spacial score (nSPS) is 10.6. The Bertz CT molecular complexity index is 718. The molecule has 94 valence electrons. The zero-order chi connectivity index (χ0) is 13.2. The topological polar surface area (TPSA) is 57.8 Å². The van der Waals surface area contributed by atoms with Crippen LogP contribution < -0.4 is 5.32 Å². The summed E-state index contributed by atoms with van der Waals surface area (Å²) in [5.41, 5.74) is 2.30. The van der Waals surface area contributed by atoms with Gasteiger partial charge in [0.15, 0.2) is 0 Å². The van der Waals surface area contributed by atoms with Crippen LogP contribution in [0.15, 0.2) is 48.7 Å². The highest BCUT2D eigenvalue weighted by molar-refractivity contribution is 6.05. The Balaban J connectivity index is 1.87. The first-order valence-corrected chi connectivity index (χ1v) is 5.73. The van der Waals surface area contributed by atoms with Gasteiger partial charge in [0.25, 0.3) is 5.91 Å². The molecule has 5 heteroatoms. The quantitative estimate of drug-likeness (QED) is 0.739. The number of aromatic nitrogens is 2. The molecule has 0 unspecified atom stereocenters. The second-order valence-corrected chi connectivity index (χ2v) is 4.08. The fourth-order valence-corrected chi connectivity index (χ4v) is 1.84. The monoisotopic (exact) mass is 255 g/mol. The average Bonchev–Trinajstić information content (AvgIpc) is 2.82. The summed E-state index contributed by atoms with van der Waals surface area (Å²) in [6, 6.07) is 11.0. The number of pyridine rings is 1. The second kappa shape index (κ2) is 4.53. The lowest BCUT2D eigenvalue weighted by atomic mass is 10.3. The Morgan fingerprint density at radius 1 is 1.21 bits per heavy atom. The third kappa shape index (κ3) is 2.30. The maximum atomic E-state index is 13.0. The molecule has 19 heavy (non-hydrogen) atoms. The molecule has 1 aromatic carbocycles. The molecule has 0 fully saturated rings. The van der Waals surface area contributed by atoms with Gasteiger partial charge in [-0.3, -0.25) is 9.78 Å². The molecule has 0 spiro atoms. The van der Waals surface area contributed by atoms with Crippen molar-refractivity contribution in [2.75, 3.05) is 5.32 Å². The lowest BCUT2D eigenvalue weighted by molar-refractivity contribution is 0.102. The van der Waals surface area contributed by atoms with Gasteiger partial charge in [-0.05, 0) is 36.4 Å². The second-order valence-electron chi connectivity index (χ2n) is 4.08. The number of amides is 1. The van der Waals surface area contributed by atoms with Crippen molar-refractivity contribution in [3.05, 3.63) is 60.2 Å². The van der Waals surface area contributed by atoms with Gasteiger partial charge in [0.05, 0.1) is 11.0 Å². The van der Waals surface area contributed by atoms with E-state index >= 15 is 0 Å². The van der Waals surface area contributed by atoms with E-state index < -0.39 is 5.82 Å². The molecule has 0 saturated heterocycles. The summed E-state index contributed by atoms with van der Waals surface area (Å²) in [7, 11) is 0. The molecule has 3 aromatic rings. The van der Waals surface area contributed by atoms with Crippen LogP contribution in [-0.4, -0.2) is 15.9 Å². The van der Waals surface area contributed by atoms with Crippen molar-refractivity contribution in [2.24, 2.45) is 0 Å². The van der Waals surface area contributed by atoms with Crippen LogP contribution in [0.25, 0.3) is 11.0 Å². The molecule has 1 amide bonds. The maximum Gasteiger partial charge on any atom is 0.272 e. The van der Waals surface area contributed by atoms with Gasteiger partial charge in [0, 0.05) is 11.9 Å². The van der Waals surface area contributed by atoms with Gasteiger partial charge in [-0.1, -0.05) is 6.07 Å². The predicted molar refractivity (Wildman–Crippen MR) is 70.4 cm³/mol. The first-order valence-electron chi connectivity index (χ1n) is 5.73. The number of rotatable bonds is 2. The van der Waals surface area contributed by atoms with Gasteiger partial charge in [-0.2, -0.15) is 0 Å². The molecular formula is C14H10FN3O. The Morgan fingerprint density at radius 2 is 2.11 bits per heavy atom. The minimum Gasteiger partial charge on any atom is -0.349 e. The SMILES string of the molecule is O=C(Nc1cccc(F)c1)c1cc2ncccc2[nH]1. The lowest BCUT2D eigenvalue weighted by Gasteiger charge is -2.03. The molecule has 0 aliphatic rings. The van der Waals surface area contributed by atoms with Crippen molar-refractivity contribution in [1.29, 1.82) is 0 Å². The van der Waals surface area contributed by atoms with Crippen molar-refractivity contribution in [2.45, 2.75) is 0 Å². The molecule has 0 bridgehead atoms. The molecule has 2 aromatic heterocycles. The number of nitrogens with one attached hydrogen (secondary N) is 2. The molecule has 0 aliphatic heterocycles. The van der Waals surface area contributed by atoms with Crippen LogP contribution in [0, 0.1) is 5.82 Å². The summed E-state index contributed by atoms with van der Waals surface area (Å²) in [4.78, 5) is 19.1. The van der Waals surface area contributed by atoms with E-state index in [0.717, 1.165) is 5.52 Å². The summed E-state index contributed by atoms with van der Waals surface area (Å²) >= 11 is 0. The van der Waals surface area contributed by atoms with Gasteiger partial charge < -0.3 is 10.3 Å². The summed E-state index contributed by atoms with van der Waals surface area (Å²) in [6.07, 6.45) is 1.66. The Morgan fingerprint density at radius 3 is 2.89 bits per heavy atom. The number of hydrogen-bond acceptors (Lipinski definition) is 2. The minimum atomic E-state index is -0.392. The number of aromatic amines is 1. The first-order chi connectivity index (χ1) is 9.22. The highest BCUT2D eigenvalue weighted by Crippen LogP contribution is 2.14. The van der Waals surface area contributed by atoms with Crippen molar-refractivity contribution in [3.63, 3.8) is 0 Å². The largest absolute Gasteiger partial charge is 0.349 e. The molecular weight excluding hydrogens is 245 g/mol. The zero-order valence-corrected chi connectivity index (χ0v) is 9.85. The van der Waals surface area contributed by atoms with E-state index in [9.17, 15) is 9.18 Å². The van der Waals surface area contributed by atoms with Crippen LogP contribution in [0.5, 0.6) is 0 Å². The number of benzene rings is 1. The fraction of sp³-hybridized carbons (Fsp3) is 0. The number of carbonyl (C=O) groups excluding carboxylic acids is 1. The number of fused-ring (bicyclic) bond motifs is 1. The molecule has 2 heterocycles. The number of anilines is 1. The number of nitrogens with zero attached hydrogens (tertiary/aromatic N) is 1. The Labute approximate surface area is 108 Å². The first kappa shape index (κ1) is 11.4. The summed E-state index contributed by atoms with van der Waals surface area (Å²) in [5.74, 6) is -0.722. The van der Waals surface area contributed by atoms with E-state index in [0.29, 0.717) is 16.9 Å². The highest BCUT2D eigenvalue weighted by atomic mass is 19.1. The standard InChI is InChI=1S/C14H10FN3O/c15-9-3-1-4-10(7-9)17-14(19)13-8-12-11(18-13)5-2-6-16-12/h1-8,18H,(H,17,19). The van der Waals surface area contributed by atoms with Crippen LogP contribution >= 0.6 is 0 Å². The smallest absolute Gasteiger partial charge is 0.272 e. The van der Waals surface area contributed by atoms with Crippen LogP contribution in [0.2, 0.25) is 0 Å². The molecule has 4 nitrogen and oxygen atoms in total. The van der Waals surface area contributed by atoms with Gasteiger partial charge in [-0.25, -0.2) is 4.39 Å². The summed E-state index contributed by atoms with van der Waals surface area (Å²) in [6.45, 7) is 0.